The summed E-state index contributed by atoms with van der Waals surface area (Å²) in [5.41, 5.74) is 3.84. The summed E-state index contributed by atoms with van der Waals surface area (Å²) in [4.78, 5) is 27.1. The Morgan fingerprint density at radius 1 is 0.963 bits per heavy atom. The third kappa shape index (κ3) is 1.74. The molecular formula is C23H23NO3. The molecule has 0 aromatic heterocycles. The maximum absolute atomic E-state index is 12.9. The minimum absolute atomic E-state index is 0.137. The van der Waals surface area contributed by atoms with Gasteiger partial charge in [0.2, 0.25) is 5.91 Å². The van der Waals surface area contributed by atoms with Crippen molar-refractivity contribution in [2.45, 2.75) is 56.6 Å². The van der Waals surface area contributed by atoms with Gasteiger partial charge in [-0.25, -0.2) is 9.69 Å². The van der Waals surface area contributed by atoms with Gasteiger partial charge in [-0.1, -0.05) is 55.5 Å². The molecule has 2 aromatic carbocycles. The first-order valence-corrected chi connectivity index (χ1v) is 9.68. The molecule has 27 heavy (non-hydrogen) atoms. The molecule has 1 fully saturated rings. The lowest BCUT2D eigenvalue weighted by atomic mass is 9.47. The van der Waals surface area contributed by atoms with E-state index in [-0.39, 0.29) is 18.1 Å². The van der Waals surface area contributed by atoms with Gasteiger partial charge >= 0.3 is 6.09 Å². The Bertz CT molecular complexity index is 932. The molecule has 0 unspecified atom stereocenters. The topological polar surface area (TPSA) is 46.6 Å². The van der Waals surface area contributed by atoms with E-state index in [0.29, 0.717) is 12.8 Å². The molecule has 2 bridgehead atoms. The van der Waals surface area contributed by atoms with Crippen LogP contribution in [0.4, 0.5) is 4.79 Å². The molecule has 4 nitrogen and oxygen atoms in total. The molecule has 2 aromatic rings. The Hall–Kier alpha value is -2.62. The third-order valence-corrected chi connectivity index (χ3v) is 6.97. The molecule has 6 rings (SSSR count). The molecule has 4 aliphatic rings. The zero-order valence-corrected chi connectivity index (χ0v) is 15.9. The summed E-state index contributed by atoms with van der Waals surface area (Å²) in [6, 6.07) is 16.4. The summed E-state index contributed by atoms with van der Waals surface area (Å²) >= 11 is 0. The van der Waals surface area contributed by atoms with Crippen LogP contribution in [0.3, 0.4) is 0 Å². The van der Waals surface area contributed by atoms with Gasteiger partial charge < -0.3 is 4.74 Å². The second-order valence-electron chi connectivity index (χ2n) is 8.26. The second kappa shape index (κ2) is 5.22. The molecule has 138 valence electrons. The standard InChI is InChI=1S/C23H23NO3/c1-4-9-18(25)24-19-20(27-21(24)26)23(3)16-12-7-5-10-14(16)22(19,2)15-11-6-8-13-17(15)23/h5-8,10-13,19-20H,4,9H2,1-3H3/t19-,20+,22?,23?/m0/s1. The lowest BCUT2D eigenvalue weighted by Crippen LogP contribution is -2.66. The van der Waals surface area contributed by atoms with E-state index in [1.54, 1.807) is 0 Å². The number of carbonyl (C=O) groups excluding carboxylic acids is 2. The number of imide groups is 1. The van der Waals surface area contributed by atoms with E-state index in [0.717, 1.165) is 0 Å². The maximum Gasteiger partial charge on any atom is 0.417 e. The highest BCUT2D eigenvalue weighted by Crippen LogP contribution is 2.62. The summed E-state index contributed by atoms with van der Waals surface area (Å²) in [5, 5.41) is 0. The van der Waals surface area contributed by atoms with Crippen molar-refractivity contribution in [1.82, 2.24) is 4.90 Å². The normalized spacial score (nSPS) is 32.6. The Kier molecular flexibility index (Phi) is 3.20. The van der Waals surface area contributed by atoms with E-state index < -0.39 is 16.9 Å². The van der Waals surface area contributed by atoms with Crippen LogP contribution in [0, 0.1) is 0 Å². The van der Waals surface area contributed by atoms with Gasteiger partial charge in [-0.3, -0.25) is 4.79 Å². The van der Waals surface area contributed by atoms with Crippen molar-refractivity contribution in [3.05, 3.63) is 70.8 Å². The van der Waals surface area contributed by atoms with Crippen molar-refractivity contribution in [2.75, 3.05) is 0 Å². The summed E-state index contributed by atoms with van der Waals surface area (Å²) in [7, 11) is 0. The summed E-state index contributed by atoms with van der Waals surface area (Å²) < 4.78 is 5.93. The van der Waals surface area contributed by atoms with Crippen molar-refractivity contribution < 1.29 is 14.3 Å². The highest BCUT2D eigenvalue weighted by atomic mass is 16.6. The first-order chi connectivity index (χ1) is 13.0. The van der Waals surface area contributed by atoms with E-state index in [2.05, 4.69) is 38.1 Å². The van der Waals surface area contributed by atoms with Crippen LogP contribution in [0.2, 0.25) is 0 Å². The van der Waals surface area contributed by atoms with Crippen LogP contribution in [0.25, 0.3) is 0 Å². The zero-order valence-electron chi connectivity index (χ0n) is 15.9. The average molecular weight is 361 g/mol. The van der Waals surface area contributed by atoms with Gasteiger partial charge in [0.1, 0.15) is 6.10 Å². The van der Waals surface area contributed by atoms with Crippen LogP contribution in [0.5, 0.6) is 0 Å². The molecule has 1 aliphatic heterocycles. The minimum Gasteiger partial charge on any atom is -0.442 e. The van der Waals surface area contributed by atoms with Gasteiger partial charge in [0, 0.05) is 11.8 Å². The summed E-state index contributed by atoms with van der Waals surface area (Å²) in [6.45, 7) is 6.27. The molecule has 0 saturated carbocycles. The highest BCUT2D eigenvalue weighted by Gasteiger charge is 2.69. The van der Waals surface area contributed by atoms with Crippen LogP contribution < -0.4 is 0 Å². The van der Waals surface area contributed by atoms with Crippen molar-refractivity contribution in [3.63, 3.8) is 0 Å². The molecule has 2 amide bonds. The van der Waals surface area contributed by atoms with E-state index in [1.807, 2.05) is 31.2 Å². The van der Waals surface area contributed by atoms with E-state index >= 15 is 0 Å². The summed E-state index contributed by atoms with van der Waals surface area (Å²) in [5.74, 6) is -0.137. The first kappa shape index (κ1) is 16.5. The van der Waals surface area contributed by atoms with Crippen molar-refractivity contribution in [1.29, 1.82) is 0 Å². The molecule has 2 atom stereocenters. The summed E-state index contributed by atoms with van der Waals surface area (Å²) in [6.07, 6.45) is 0.192. The maximum atomic E-state index is 12.9. The minimum atomic E-state index is -0.499. The van der Waals surface area contributed by atoms with E-state index in [1.165, 1.54) is 27.2 Å². The monoisotopic (exact) mass is 361 g/mol. The number of rotatable bonds is 2. The number of nitrogens with zero attached hydrogens (tertiary/aromatic N) is 1. The number of amides is 2. The molecule has 0 spiro atoms. The van der Waals surface area contributed by atoms with Gasteiger partial charge in [-0.15, -0.1) is 0 Å². The van der Waals surface area contributed by atoms with E-state index in [9.17, 15) is 9.59 Å². The lowest BCUT2D eigenvalue weighted by molar-refractivity contribution is -0.130. The van der Waals surface area contributed by atoms with Crippen molar-refractivity contribution >= 4 is 12.0 Å². The van der Waals surface area contributed by atoms with Crippen LogP contribution in [0.15, 0.2) is 48.5 Å². The fourth-order valence-electron chi connectivity index (χ4n) is 5.76. The van der Waals surface area contributed by atoms with E-state index in [4.69, 9.17) is 4.74 Å². The second-order valence-corrected chi connectivity index (χ2v) is 8.26. The predicted molar refractivity (Wildman–Crippen MR) is 102 cm³/mol. The molecule has 4 heteroatoms. The Balaban J connectivity index is 1.83. The van der Waals surface area contributed by atoms with Crippen LogP contribution >= 0.6 is 0 Å². The van der Waals surface area contributed by atoms with Crippen molar-refractivity contribution in [2.24, 2.45) is 0 Å². The fourth-order valence-corrected chi connectivity index (χ4v) is 5.76. The van der Waals surface area contributed by atoms with Gasteiger partial charge in [0.15, 0.2) is 0 Å². The number of hydrogen-bond donors (Lipinski definition) is 0. The molecule has 0 radical (unpaired) electrons. The largest absolute Gasteiger partial charge is 0.442 e. The third-order valence-electron chi connectivity index (χ3n) is 6.97. The average Bonchev–Trinajstić information content (AvgIpc) is 3.05. The first-order valence-electron chi connectivity index (χ1n) is 9.68. The van der Waals surface area contributed by atoms with Gasteiger partial charge in [0.25, 0.3) is 0 Å². The Morgan fingerprint density at radius 3 is 1.93 bits per heavy atom. The zero-order chi connectivity index (χ0) is 19.0. The smallest absolute Gasteiger partial charge is 0.417 e. The Morgan fingerprint density at radius 2 is 1.44 bits per heavy atom. The highest BCUT2D eigenvalue weighted by molar-refractivity contribution is 5.95. The number of benzene rings is 2. The molecular weight excluding hydrogens is 338 g/mol. The van der Waals surface area contributed by atoms with Gasteiger partial charge in [-0.05, 0) is 42.5 Å². The molecule has 3 aliphatic carbocycles. The predicted octanol–water partition coefficient (Wildman–Crippen LogP) is 4.14. The van der Waals surface area contributed by atoms with Gasteiger partial charge in [0.05, 0.1) is 11.5 Å². The molecule has 1 heterocycles. The molecule has 0 N–H and O–H groups in total. The van der Waals surface area contributed by atoms with Crippen LogP contribution in [-0.4, -0.2) is 29.0 Å². The van der Waals surface area contributed by atoms with Crippen molar-refractivity contribution in [3.8, 4) is 0 Å². The number of ether oxygens (including phenoxy) is 1. The Labute approximate surface area is 159 Å². The molecule has 1 saturated heterocycles. The van der Waals surface area contributed by atoms with Crippen LogP contribution in [-0.2, 0) is 20.4 Å². The van der Waals surface area contributed by atoms with Crippen LogP contribution in [0.1, 0.15) is 55.9 Å². The van der Waals surface area contributed by atoms with Gasteiger partial charge in [-0.2, -0.15) is 0 Å². The fraction of sp³-hybridized carbons (Fsp3) is 0.391. The SMILES string of the molecule is CCCC(=O)N1C(=O)O[C@@H]2[C@H]1C1(C)c3ccccc3C2(C)c2ccccc21. The number of carbonyl (C=O) groups is 2. The number of hydrogen-bond acceptors (Lipinski definition) is 3. The lowest BCUT2D eigenvalue weighted by Gasteiger charge is -2.58. The quantitative estimate of drug-likeness (QED) is 0.808.